The molecule has 2 heterocycles. The van der Waals surface area contributed by atoms with Gasteiger partial charge in [0.2, 0.25) is 5.95 Å². The van der Waals surface area contributed by atoms with Crippen molar-refractivity contribution in [2.45, 2.75) is 6.18 Å². The van der Waals surface area contributed by atoms with Crippen molar-refractivity contribution in [2.75, 3.05) is 12.5 Å². The fourth-order valence-corrected chi connectivity index (χ4v) is 1.18. The van der Waals surface area contributed by atoms with E-state index < -0.39 is 11.7 Å². The number of halogens is 3. The lowest BCUT2D eigenvalue weighted by Gasteiger charge is -2.05. The minimum Gasteiger partial charge on any atom is -0.467 e. The van der Waals surface area contributed by atoms with E-state index in [1.807, 2.05) is 0 Å². The van der Waals surface area contributed by atoms with Gasteiger partial charge in [-0.15, -0.1) is 0 Å². The largest absolute Gasteiger partial charge is 0.467 e. The number of rotatable bonds is 3. The van der Waals surface area contributed by atoms with Gasteiger partial charge >= 0.3 is 12.2 Å². The second-order valence-corrected chi connectivity index (χ2v) is 3.26. The Hall–Kier alpha value is -2.43. The van der Waals surface area contributed by atoms with Gasteiger partial charge in [0.1, 0.15) is 0 Å². The van der Waals surface area contributed by atoms with E-state index in [1.165, 1.54) is 7.11 Å². The van der Waals surface area contributed by atoms with Gasteiger partial charge in [0.05, 0.1) is 18.9 Å². The number of nitrogens with two attached hydrogens (primary N) is 1. The van der Waals surface area contributed by atoms with Crippen LogP contribution in [0.4, 0.5) is 19.1 Å². The molecular weight excluding hydrogens is 267 g/mol. The molecule has 19 heavy (non-hydrogen) atoms. The second-order valence-electron chi connectivity index (χ2n) is 3.26. The summed E-state index contributed by atoms with van der Waals surface area (Å²) in [5.74, 6) is 4.91. The number of nitrogen functional groups attached to an aromatic ring is 1. The van der Waals surface area contributed by atoms with Crippen molar-refractivity contribution in [3.63, 3.8) is 0 Å². The van der Waals surface area contributed by atoms with Crippen LogP contribution in [0.1, 0.15) is 5.56 Å². The van der Waals surface area contributed by atoms with E-state index in [2.05, 4.69) is 25.5 Å². The summed E-state index contributed by atoms with van der Waals surface area (Å²) >= 11 is 0. The van der Waals surface area contributed by atoms with Crippen LogP contribution in [0.25, 0.3) is 5.95 Å². The number of hydrogen-bond acceptors (Lipinski definition) is 7. The predicted molar refractivity (Wildman–Crippen MR) is 56.3 cm³/mol. The van der Waals surface area contributed by atoms with Crippen LogP contribution >= 0.6 is 0 Å². The van der Waals surface area contributed by atoms with Crippen LogP contribution in [0, 0.1) is 0 Å². The number of anilines is 1. The number of nitrogens with one attached hydrogen (secondary N) is 1. The van der Waals surface area contributed by atoms with Gasteiger partial charge in [0.15, 0.2) is 0 Å². The van der Waals surface area contributed by atoms with Crippen molar-refractivity contribution in [2.24, 2.45) is 5.84 Å². The van der Waals surface area contributed by atoms with E-state index >= 15 is 0 Å². The lowest BCUT2D eigenvalue weighted by molar-refractivity contribution is -0.137. The minimum atomic E-state index is -4.50. The SMILES string of the molecule is COc1nc(NN)nc(-n2cc(C(F)(F)F)cn2)n1. The van der Waals surface area contributed by atoms with Crippen molar-refractivity contribution >= 4 is 5.95 Å². The molecule has 0 atom stereocenters. The molecule has 2 rings (SSSR count). The van der Waals surface area contributed by atoms with Crippen LogP contribution in [-0.2, 0) is 6.18 Å². The summed E-state index contributed by atoms with van der Waals surface area (Å²) in [7, 11) is 1.30. The van der Waals surface area contributed by atoms with Crippen LogP contribution in [0.3, 0.4) is 0 Å². The fourth-order valence-electron chi connectivity index (χ4n) is 1.18. The molecule has 0 bridgehead atoms. The average molecular weight is 275 g/mol. The van der Waals surface area contributed by atoms with Gasteiger partial charge in [-0.2, -0.15) is 33.2 Å². The van der Waals surface area contributed by atoms with Gasteiger partial charge in [-0.25, -0.2) is 10.5 Å². The van der Waals surface area contributed by atoms with E-state index in [-0.39, 0.29) is 17.9 Å². The van der Waals surface area contributed by atoms with E-state index in [1.54, 1.807) is 0 Å². The number of hydrazine groups is 1. The van der Waals surface area contributed by atoms with Gasteiger partial charge in [0.25, 0.3) is 5.95 Å². The Labute approximate surface area is 104 Å². The summed E-state index contributed by atoms with van der Waals surface area (Å²) in [6.07, 6.45) is -3.09. The first kappa shape index (κ1) is 13.0. The molecule has 0 aromatic carbocycles. The number of hydrogen-bond donors (Lipinski definition) is 2. The zero-order valence-corrected chi connectivity index (χ0v) is 9.51. The fraction of sp³-hybridized carbons (Fsp3) is 0.250. The maximum atomic E-state index is 12.4. The number of methoxy groups -OCH3 is 1. The van der Waals surface area contributed by atoms with Crippen molar-refractivity contribution < 1.29 is 17.9 Å². The summed E-state index contributed by atoms with van der Waals surface area (Å²) in [5, 5.41) is 3.52. The molecule has 0 aliphatic heterocycles. The molecule has 0 saturated heterocycles. The molecule has 3 N–H and O–H groups in total. The summed E-state index contributed by atoms with van der Waals surface area (Å²) in [6, 6.07) is -0.109. The van der Waals surface area contributed by atoms with Crippen molar-refractivity contribution in [3.8, 4) is 12.0 Å². The monoisotopic (exact) mass is 275 g/mol. The van der Waals surface area contributed by atoms with Crippen LogP contribution in [0.5, 0.6) is 6.01 Å². The molecule has 0 radical (unpaired) electrons. The topological polar surface area (TPSA) is 104 Å². The van der Waals surface area contributed by atoms with E-state index in [0.29, 0.717) is 6.20 Å². The minimum absolute atomic E-state index is 0.0640. The lowest BCUT2D eigenvalue weighted by Crippen LogP contribution is -2.14. The third-order valence-corrected chi connectivity index (χ3v) is 2.03. The molecule has 0 aliphatic carbocycles. The van der Waals surface area contributed by atoms with Crippen LogP contribution < -0.4 is 16.0 Å². The zero-order chi connectivity index (χ0) is 14.0. The second kappa shape index (κ2) is 4.68. The molecule has 102 valence electrons. The lowest BCUT2D eigenvalue weighted by atomic mass is 10.4. The number of ether oxygens (including phenoxy) is 1. The first-order chi connectivity index (χ1) is 8.94. The first-order valence-electron chi connectivity index (χ1n) is 4.83. The summed E-state index contributed by atoms with van der Waals surface area (Å²) in [6.45, 7) is 0. The number of nitrogens with zero attached hydrogens (tertiary/aromatic N) is 5. The van der Waals surface area contributed by atoms with Crippen molar-refractivity contribution in [1.29, 1.82) is 0 Å². The van der Waals surface area contributed by atoms with Crippen LogP contribution in [0.2, 0.25) is 0 Å². The summed E-state index contributed by atoms with van der Waals surface area (Å²) < 4.78 is 42.9. The maximum Gasteiger partial charge on any atom is 0.419 e. The van der Waals surface area contributed by atoms with Gasteiger partial charge in [-0.3, -0.25) is 5.43 Å². The molecule has 2 aromatic rings. The molecule has 0 aliphatic rings. The molecule has 0 amide bonds. The molecular formula is C8H8F3N7O. The summed E-state index contributed by atoms with van der Waals surface area (Å²) in [4.78, 5) is 11.2. The van der Waals surface area contributed by atoms with Crippen molar-refractivity contribution in [1.82, 2.24) is 24.7 Å². The van der Waals surface area contributed by atoms with Crippen LogP contribution in [0.15, 0.2) is 12.4 Å². The molecule has 0 saturated carbocycles. The normalized spacial score (nSPS) is 11.4. The Morgan fingerprint density at radius 3 is 2.58 bits per heavy atom. The molecule has 0 fully saturated rings. The highest BCUT2D eigenvalue weighted by Gasteiger charge is 2.32. The number of aromatic nitrogens is 5. The highest BCUT2D eigenvalue weighted by molar-refractivity contribution is 5.29. The Balaban J connectivity index is 2.43. The Morgan fingerprint density at radius 1 is 1.32 bits per heavy atom. The standard InChI is InChI=1S/C8H8F3N7O/c1-19-7-15-5(17-12)14-6(16-7)18-3-4(2-13-18)8(9,10)11/h2-3H,12H2,1H3,(H,14,15,16,17). The van der Waals surface area contributed by atoms with E-state index in [0.717, 1.165) is 10.9 Å². The highest BCUT2D eigenvalue weighted by atomic mass is 19.4. The Kier molecular flexibility index (Phi) is 3.21. The van der Waals surface area contributed by atoms with Crippen molar-refractivity contribution in [3.05, 3.63) is 18.0 Å². The van der Waals surface area contributed by atoms with Crippen LogP contribution in [-0.4, -0.2) is 31.8 Å². The first-order valence-corrected chi connectivity index (χ1v) is 4.83. The third kappa shape index (κ3) is 2.70. The molecule has 11 heteroatoms. The smallest absolute Gasteiger partial charge is 0.419 e. The van der Waals surface area contributed by atoms with E-state index in [9.17, 15) is 13.2 Å². The summed E-state index contributed by atoms with van der Waals surface area (Å²) in [5.41, 5.74) is 1.22. The van der Waals surface area contributed by atoms with Gasteiger partial charge in [0, 0.05) is 6.20 Å². The maximum absolute atomic E-state index is 12.4. The number of alkyl halides is 3. The average Bonchev–Trinajstić information content (AvgIpc) is 2.87. The zero-order valence-electron chi connectivity index (χ0n) is 9.51. The molecule has 0 unspecified atom stereocenters. The predicted octanol–water partition coefficient (Wildman–Crippen LogP) is 0.370. The Bertz CT molecular complexity index is 560. The van der Waals surface area contributed by atoms with Gasteiger partial charge in [-0.05, 0) is 0 Å². The quantitative estimate of drug-likeness (QED) is 0.616. The highest BCUT2D eigenvalue weighted by Crippen LogP contribution is 2.28. The molecule has 8 nitrogen and oxygen atoms in total. The van der Waals surface area contributed by atoms with Gasteiger partial charge in [-0.1, -0.05) is 0 Å². The van der Waals surface area contributed by atoms with E-state index in [4.69, 9.17) is 10.6 Å². The Morgan fingerprint density at radius 2 is 2.05 bits per heavy atom. The third-order valence-electron chi connectivity index (χ3n) is 2.03. The molecule has 0 spiro atoms. The molecule has 2 aromatic heterocycles. The van der Waals surface area contributed by atoms with Gasteiger partial charge < -0.3 is 4.74 Å².